The highest BCUT2D eigenvalue weighted by Gasteiger charge is 1.98. The third kappa shape index (κ3) is 3.69. The van der Waals surface area contributed by atoms with Crippen molar-refractivity contribution in [2.45, 2.75) is 26.7 Å². The molecule has 1 N–H and O–H groups in total. The molecule has 0 unspecified atom stereocenters. The molecule has 1 rings (SSSR count). The van der Waals surface area contributed by atoms with Crippen molar-refractivity contribution in [1.82, 2.24) is 5.32 Å². The van der Waals surface area contributed by atoms with Gasteiger partial charge in [0, 0.05) is 18.7 Å². The second kappa shape index (κ2) is 6.30. The minimum absolute atomic E-state index is 0.741. The number of hydrogen-bond donors (Lipinski definition) is 1. The lowest BCUT2D eigenvalue weighted by molar-refractivity contribution is 0.224. The van der Waals surface area contributed by atoms with Gasteiger partial charge in [-0.05, 0) is 31.6 Å². The summed E-state index contributed by atoms with van der Waals surface area (Å²) in [7, 11) is 0. The van der Waals surface area contributed by atoms with Gasteiger partial charge in [0.1, 0.15) is 0 Å². The Morgan fingerprint density at radius 2 is 2.21 bits per heavy atom. The Bertz CT molecular complexity index is 251. The largest absolute Gasteiger partial charge is 0.498 e. The van der Waals surface area contributed by atoms with Crippen LogP contribution in [0.15, 0.2) is 35.8 Å². The maximum atomic E-state index is 5.45. The topological polar surface area (TPSA) is 21.3 Å². The first-order chi connectivity index (χ1) is 6.86. The zero-order valence-electron chi connectivity index (χ0n) is 9.05. The van der Waals surface area contributed by atoms with E-state index in [1.54, 1.807) is 0 Å². The standard InChI is InChI=1S/C12H19NO/c1-3-10-13-11-6-5-7-12(9-8-11)14-4-2/h5-6,8-9,13H,3-4,7,10H2,1-2H3. The molecule has 2 nitrogen and oxygen atoms in total. The van der Waals surface area contributed by atoms with Crippen LogP contribution in [0.2, 0.25) is 0 Å². The van der Waals surface area contributed by atoms with E-state index in [1.165, 1.54) is 5.70 Å². The highest BCUT2D eigenvalue weighted by atomic mass is 16.5. The predicted molar refractivity (Wildman–Crippen MR) is 59.8 cm³/mol. The van der Waals surface area contributed by atoms with Crippen molar-refractivity contribution in [3.63, 3.8) is 0 Å². The van der Waals surface area contributed by atoms with Gasteiger partial charge in [0.2, 0.25) is 0 Å². The number of nitrogens with one attached hydrogen (secondary N) is 1. The van der Waals surface area contributed by atoms with Crippen LogP contribution in [0.3, 0.4) is 0 Å². The summed E-state index contributed by atoms with van der Waals surface area (Å²) in [5, 5.41) is 3.35. The average molecular weight is 193 g/mol. The second-order valence-electron chi connectivity index (χ2n) is 3.22. The lowest BCUT2D eigenvalue weighted by Crippen LogP contribution is -2.11. The number of allylic oxidation sites excluding steroid dienone is 4. The van der Waals surface area contributed by atoms with Gasteiger partial charge in [0.05, 0.1) is 12.4 Å². The minimum atomic E-state index is 0.741. The van der Waals surface area contributed by atoms with Gasteiger partial charge in [-0.25, -0.2) is 0 Å². The van der Waals surface area contributed by atoms with Crippen LogP contribution in [0.4, 0.5) is 0 Å². The maximum absolute atomic E-state index is 5.45. The zero-order valence-corrected chi connectivity index (χ0v) is 9.05. The van der Waals surface area contributed by atoms with Gasteiger partial charge in [0.25, 0.3) is 0 Å². The molecule has 0 aromatic rings. The predicted octanol–water partition coefficient (Wildman–Crippen LogP) is 2.75. The average Bonchev–Trinajstić information content (AvgIpc) is 2.41. The Balaban J connectivity index is 2.52. The lowest BCUT2D eigenvalue weighted by Gasteiger charge is -2.03. The van der Waals surface area contributed by atoms with Crippen LogP contribution in [0, 0.1) is 0 Å². The highest BCUT2D eigenvalue weighted by Crippen LogP contribution is 2.10. The maximum Gasteiger partial charge on any atom is 0.0997 e. The molecule has 0 aliphatic heterocycles. The molecule has 0 aromatic heterocycles. The second-order valence-corrected chi connectivity index (χ2v) is 3.22. The van der Waals surface area contributed by atoms with Crippen LogP contribution < -0.4 is 5.32 Å². The number of ether oxygens (including phenoxy) is 1. The first-order valence-corrected chi connectivity index (χ1v) is 5.31. The van der Waals surface area contributed by atoms with E-state index >= 15 is 0 Å². The molecule has 0 saturated carbocycles. The molecule has 0 atom stereocenters. The van der Waals surface area contributed by atoms with E-state index in [9.17, 15) is 0 Å². The molecule has 78 valence electrons. The van der Waals surface area contributed by atoms with Gasteiger partial charge in [-0.1, -0.05) is 13.0 Å². The van der Waals surface area contributed by atoms with Crippen molar-refractivity contribution >= 4 is 0 Å². The van der Waals surface area contributed by atoms with Crippen LogP contribution in [-0.2, 0) is 4.74 Å². The Kier molecular flexibility index (Phi) is 4.90. The van der Waals surface area contributed by atoms with E-state index in [4.69, 9.17) is 4.74 Å². The van der Waals surface area contributed by atoms with Crippen molar-refractivity contribution < 1.29 is 4.74 Å². The fourth-order valence-electron chi connectivity index (χ4n) is 1.29. The number of rotatable bonds is 5. The molecule has 0 amide bonds. The van der Waals surface area contributed by atoms with Crippen molar-refractivity contribution in [3.8, 4) is 0 Å². The van der Waals surface area contributed by atoms with Gasteiger partial charge in [-0.2, -0.15) is 0 Å². The summed E-state index contributed by atoms with van der Waals surface area (Å²) < 4.78 is 5.45. The molecule has 0 radical (unpaired) electrons. The van der Waals surface area contributed by atoms with Crippen LogP contribution >= 0.6 is 0 Å². The van der Waals surface area contributed by atoms with Gasteiger partial charge >= 0.3 is 0 Å². The molecule has 2 heteroatoms. The smallest absolute Gasteiger partial charge is 0.0997 e. The van der Waals surface area contributed by atoms with Crippen LogP contribution in [0.5, 0.6) is 0 Å². The fourth-order valence-corrected chi connectivity index (χ4v) is 1.29. The van der Waals surface area contributed by atoms with Crippen LogP contribution in [0.1, 0.15) is 26.7 Å². The molecular formula is C12H19NO. The Morgan fingerprint density at radius 1 is 1.36 bits per heavy atom. The molecular weight excluding hydrogens is 174 g/mol. The van der Waals surface area contributed by atoms with Gasteiger partial charge in [-0.3, -0.25) is 0 Å². The highest BCUT2D eigenvalue weighted by molar-refractivity contribution is 5.27. The fraction of sp³-hybridized carbons (Fsp3) is 0.500. The lowest BCUT2D eigenvalue weighted by atomic mass is 10.3. The molecule has 0 saturated heterocycles. The molecule has 0 heterocycles. The monoisotopic (exact) mass is 193 g/mol. The molecule has 0 spiro atoms. The van der Waals surface area contributed by atoms with Gasteiger partial charge in [0.15, 0.2) is 0 Å². The van der Waals surface area contributed by atoms with Gasteiger partial charge in [-0.15, -0.1) is 0 Å². The first-order valence-electron chi connectivity index (χ1n) is 5.31. The summed E-state index contributed by atoms with van der Waals surface area (Å²) >= 11 is 0. The van der Waals surface area contributed by atoms with Crippen molar-refractivity contribution in [2.75, 3.05) is 13.2 Å². The summed E-state index contributed by atoms with van der Waals surface area (Å²) in [5.74, 6) is 1.04. The van der Waals surface area contributed by atoms with Crippen molar-refractivity contribution in [3.05, 3.63) is 35.8 Å². The molecule has 0 aromatic carbocycles. The molecule has 1 aliphatic carbocycles. The molecule has 0 bridgehead atoms. The van der Waals surface area contributed by atoms with E-state index in [1.807, 2.05) is 13.0 Å². The normalized spacial score (nSPS) is 15.6. The van der Waals surface area contributed by atoms with E-state index < -0.39 is 0 Å². The van der Waals surface area contributed by atoms with E-state index in [2.05, 4.69) is 30.5 Å². The number of hydrogen-bond acceptors (Lipinski definition) is 2. The van der Waals surface area contributed by atoms with E-state index in [0.717, 1.165) is 31.8 Å². The first kappa shape index (κ1) is 10.9. The Morgan fingerprint density at radius 3 is 2.93 bits per heavy atom. The summed E-state index contributed by atoms with van der Waals surface area (Å²) in [6.45, 7) is 5.93. The van der Waals surface area contributed by atoms with Gasteiger partial charge < -0.3 is 10.1 Å². The Labute approximate surface area is 86.3 Å². The minimum Gasteiger partial charge on any atom is -0.498 e. The molecule has 0 fully saturated rings. The molecule has 14 heavy (non-hydrogen) atoms. The van der Waals surface area contributed by atoms with Crippen LogP contribution in [-0.4, -0.2) is 13.2 Å². The molecule has 1 aliphatic rings. The van der Waals surface area contributed by atoms with E-state index in [-0.39, 0.29) is 0 Å². The van der Waals surface area contributed by atoms with Crippen LogP contribution in [0.25, 0.3) is 0 Å². The van der Waals surface area contributed by atoms with Crippen molar-refractivity contribution in [1.29, 1.82) is 0 Å². The Hall–Kier alpha value is -1.18. The SMILES string of the molecule is CCCNC1=CC=C(OCC)CC=C1. The van der Waals surface area contributed by atoms with E-state index in [0.29, 0.717) is 0 Å². The summed E-state index contributed by atoms with van der Waals surface area (Å²) in [5.41, 5.74) is 1.17. The zero-order chi connectivity index (χ0) is 10.2. The van der Waals surface area contributed by atoms with Crippen molar-refractivity contribution in [2.24, 2.45) is 0 Å². The summed E-state index contributed by atoms with van der Waals surface area (Å²) in [6.07, 6.45) is 10.4. The third-order valence-electron chi connectivity index (χ3n) is 1.97. The third-order valence-corrected chi connectivity index (χ3v) is 1.97. The summed E-state index contributed by atoms with van der Waals surface area (Å²) in [4.78, 5) is 0. The summed E-state index contributed by atoms with van der Waals surface area (Å²) in [6, 6.07) is 0. The quantitative estimate of drug-likeness (QED) is 0.725.